The number of hydrogen-bond acceptors (Lipinski definition) is 6. The highest BCUT2D eigenvalue weighted by atomic mass is 32.2. The van der Waals surface area contributed by atoms with Gasteiger partial charge in [0.2, 0.25) is 5.13 Å². The smallest absolute Gasteiger partial charge is 0.257 e. The molecule has 1 amide bonds. The van der Waals surface area contributed by atoms with Crippen LogP contribution in [0.4, 0.5) is 5.13 Å². The molecule has 1 heterocycles. The largest absolute Gasteiger partial charge is 0.490 e. The van der Waals surface area contributed by atoms with Crippen LogP contribution in [0.2, 0.25) is 0 Å². The first-order valence-corrected chi connectivity index (χ1v) is 11.1. The number of ether oxygens (including phenoxy) is 1. The van der Waals surface area contributed by atoms with Crippen molar-refractivity contribution in [1.82, 2.24) is 10.2 Å². The zero-order valence-electron chi connectivity index (χ0n) is 16.1. The van der Waals surface area contributed by atoms with Crippen LogP contribution in [0.3, 0.4) is 0 Å². The van der Waals surface area contributed by atoms with Crippen LogP contribution in [0.15, 0.2) is 83.7 Å². The number of fused-ring (bicyclic) bond motifs is 1. The van der Waals surface area contributed by atoms with Crippen LogP contribution in [-0.4, -0.2) is 22.7 Å². The van der Waals surface area contributed by atoms with Crippen molar-refractivity contribution >= 4 is 44.9 Å². The highest BCUT2D eigenvalue weighted by Crippen LogP contribution is 2.31. The average Bonchev–Trinajstić information content (AvgIpc) is 3.23. The Morgan fingerprint density at radius 2 is 1.87 bits per heavy atom. The number of hydrogen-bond donors (Lipinski definition) is 1. The summed E-state index contributed by atoms with van der Waals surface area (Å²) in [4.78, 5) is 12.4. The maximum atomic E-state index is 12.4. The van der Waals surface area contributed by atoms with E-state index in [1.165, 1.54) is 27.7 Å². The van der Waals surface area contributed by atoms with Gasteiger partial charge in [-0.1, -0.05) is 78.2 Å². The van der Waals surface area contributed by atoms with Gasteiger partial charge in [-0.15, -0.1) is 10.2 Å². The van der Waals surface area contributed by atoms with Crippen molar-refractivity contribution in [1.29, 1.82) is 0 Å². The summed E-state index contributed by atoms with van der Waals surface area (Å²) in [6, 6.07) is 21.6. The van der Waals surface area contributed by atoms with Gasteiger partial charge < -0.3 is 4.74 Å². The number of aromatic nitrogens is 2. The van der Waals surface area contributed by atoms with Crippen molar-refractivity contribution in [2.24, 2.45) is 0 Å². The third kappa shape index (κ3) is 4.87. The van der Waals surface area contributed by atoms with Crippen LogP contribution in [0.25, 0.3) is 10.8 Å². The highest BCUT2D eigenvalue weighted by molar-refractivity contribution is 8.00. The number of nitrogens with one attached hydrogen (secondary N) is 1. The molecule has 0 fully saturated rings. The van der Waals surface area contributed by atoms with E-state index in [0.717, 1.165) is 10.1 Å². The number of benzene rings is 3. The summed E-state index contributed by atoms with van der Waals surface area (Å²) in [6.45, 7) is 4.04. The van der Waals surface area contributed by atoms with E-state index in [1.807, 2.05) is 12.1 Å². The van der Waals surface area contributed by atoms with Crippen molar-refractivity contribution in [2.75, 3.05) is 11.9 Å². The average molecular weight is 434 g/mol. The molecular weight excluding hydrogens is 414 g/mol. The molecule has 3 aromatic carbocycles. The van der Waals surface area contributed by atoms with Gasteiger partial charge in [0.15, 0.2) is 4.34 Å². The molecule has 0 radical (unpaired) electrons. The van der Waals surface area contributed by atoms with Gasteiger partial charge in [-0.2, -0.15) is 0 Å². The topological polar surface area (TPSA) is 64.1 Å². The molecule has 4 rings (SSSR count). The molecule has 0 aliphatic heterocycles. The van der Waals surface area contributed by atoms with E-state index >= 15 is 0 Å². The summed E-state index contributed by atoms with van der Waals surface area (Å²) in [5.74, 6) is 1.25. The predicted octanol–water partition coefficient (Wildman–Crippen LogP) is 5.80. The second kappa shape index (κ2) is 9.56. The molecule has 0 spiro atoms. The Morgan fingerprint density at radius 1 is 1.07 bits per heavy atom. The lowest BCUT2D eigenvalue weighted by Gasteiger charge is -2.05. The van der Waals surface area contributed by atoms with E-state index in [4.69, 9.17) is 4.74 Å². The monoisotopic (exact) mass is 433 g/mol. The van der Waals surface area contributed by atoms with Gasteiger partial charge in [0.05, 0.1) is 0 Å². The lowest BCUT2D eigenvalue weighted by Crippen LogP contribution is -2.11. The second-order valence-electron chi connectivity index (χ2n) is 6.38. The van der Waals surface area contributed by atoms with E-state index in [9.17, 15) is 4.79 Å². The molecule has 5 nitrogen and oxygen atoms in total. The summed E-state index contributed by atoms with van der Waals surface area (Å²) in [7, 11) is 0. The minimum Gasteiger partial charge on any atom is -0.490 e. The molecule has 30 heavy (non-hydrogen) atoms. The summed E-state index contributed by atoms with van der Waals surface area (Å²) < 4.78 is 6.24. The molecule has 0 aliphatic carbocycles. The van der Waals surface area contributed by atoms with Crippen LogP contribution in [-0.2, 0) is 5.75 Å². The summed E-state index contributed by atoms with van der Waals surface area (Å²) in [5.41, 5.74) is 1.78. The van der Waals surface area contributed by atoms with Gasteiger partial charge >= 0.3 is 0 Å². The quantitative estimate of drug-likeness (QED) is 0.216. The Bertz CT molecular complexity index is 1170. The summed E-state index contributed by atoms with van der Waals surface area (Å²) in [6.07, 6.45) is 1.67. The maximum Gasteiger partial charge on any atom is 0.257 e. The van der Waals surface area contributed by atoms with Crippen LogP contribution in [0.1, 0.15) is 15.9 Å². The van der Waals surface area contributed by atoms with Crippen LogP contribution in [0.5, 0.6) is 5.75 Å². The second-order valence-corrected chi connectivity index (χ2v) is 8.58. The summed E-state index contributed by atoms with van der Waals surface area (Å²) in [5, 5.41) is 14.0. The molecule has 0 atom stereocenters. The van der Waals surface area contributed by atoms with E-state index < -0.39 is 0 Å². The first-order valence-electron chi connectivity index (χ1n) is 9.31. The van der Waals surface area contributed by atoms with Crippen molar-refractivity contribution in [3.05, 3.63) is 90.5 Å². The molecule has 7 heteroatoms. The van der Waals surface area contributed by atoms with Gasteiger partial charge in [-0.25, -0.2) is 0 Å². The highest BCUT2D eigenvalue weighted by Gasteiger charge is 2.11. The third-order valence-corrected chi connectivity index (χ3v) is 6.36. The number of carbonyl (C=O) groups is 1. The van der Waals surface area contributed by atoms with Crippen molar-refractivity contribution in [2.45, 2.75) is 10.1 Å². The lowest BCUT2D eigenvalue weighted by atomic mass is 10.1. The fourth-order valence-electron chi connectivity index (χ4n) is 2.90. The maximum absolute atomic E-state index is 12.4. The first-order chi connectivity index (χ1) is 14.7. The Balaban J connectivity index is 1.37. The van der Waals surface area contributed by atoms with E-state index in [1.54, 1.807) is 42.1 Å². The molecular formula is C23H19N3O2S2. The minimum absolute atomic E-state index is 0.230. The van der Waals surface area contributed by atoms with Crippen molar-refractivity contribution in [3.63, 3.8) is 0 Å². The molecule has 0 bridgehead atoms. The molecule has 0 aliphatic rings. The number of amides is 1. The third-order valence-electron chi connectivity index (χ3n) is 4.34. The van der Waals surface area contributed by atoms with Gasteiger partial charge in [-0.3, -0.25) is 10.1 Å². The molecule has 0 saturated carbocycles. The SMILES string of the molecule is C=CCOc1ccc(C(=O)Nc2nnc(SCc3cccc4ccccc34)s2)cc1. The van der Waals surface area contributed by atoms with Crippen LogP contribution < -0.4 is 10.1 Å². The van der Waals surface area contributed by atoms with Crippen LogP contribution >= 0.6 is 23.1 Å². The first kappa shape index (κ1) is 20.1. The van der Waals surface area contributed by atoms with Crippen LogP contribution in [0, 0.1) is 0 Å². The van der Waals surface area contributed by atoms with Gasteiger partial charge in [-0.05, 0) is 40.6 Å². The Kier molecular flexibility index (Phi) is 6.41. The van der Waals surface area contributed by atoms with Gasteiger partial charge in [0.1, 0.15) is 12.4 Å². The number of thioether (sulfide) groups is 1. The normalized spacial score (nSPS) is 10.7. The minimum atomic E-state index is -0.230. The van der Waals surface area contributed by atoms with E-state index in [2.05, 4.69) is 52.4 Å². The van der Waals surface area contributed by atoms with E-state index in [0.29, 0.717) is 23.1 Å². The standard InChI is InChI=1S/C23H19N3O2S2/c1-2-14-28-19-12-10-17(11-13-19)21(27)24-22-25-26-23(30-22)29-15-18-8-5-7-16-6-3-4-9-20(16)18/h2-13H,1,14-15H2,(H,24,25,27). The lowest BCUT2D eigenvalue weighted by molar-refractivity contribution is 0.102. The molecule has 0 unspecified atom stereocenters. The van der Waals surface area contributed by atoms with Gasteiger partial charge in [0, 0.05) is 11.3 Å². The number of anilines is 1. The molecule has 150 valence electrons. The van der Waals surface area contributed by atoms with Gasteiger partial charge in [0.25, 0.3) is 5.91 Å². The number of carbonyl (C=O) groups excluding carboxylic acids is 1. The molecule has 0 saturated heterocycles. The molecule has 1 aromatic heterocycles. The summed E-state index contributed by atoms with van der Waals surface area (Å²) >= 11 is 2.98. The molecule has 1 N–H and O–H groups in total. The number of rotatable bonds is 8. The zero-order valence-corrected chi connectivity index (χ0v) is 17.7. The predicted molar refractivity (Wildman–Crippen MR) is 124 cm³/mol. The van der Waals surface area contributed by atoms with Crippen molar-refractivity contribution < 1.29 is 9.53 Å². The zero-order chi connectivity index (χ0) is 20.8. The number of nitrogens with zero attached hydrogens (tertiary/aromatic N) is 2. The Labute approximate surface area is 182 Å². The Hall–Kier alpha value is -3.16. The fraction of sp³-hybridized carbons (Fsp3) is 0.0870. The molecule has 4 aromatic rings. The Morgan fingerprint density at radius 3 is 2.70 bits per heavy atom. The van der Waals surface area contributed by atoms with Crippen molar-refractivity contribution in [3.8, 4) is 5.75 Å². The fourth-order valence-corrected chi connectivity index (χ4v) is 4.65. The van der Waals surface area contributed by atoms with E-state index in [-0.39, 0.29) is 5.91 Å².